The first-order valence-electron chi connectivity index (χ1n) is 8.13. The van der Waals surface area contributed by atoms with Crippen molar-refractivity contribution in [3.63, 3.8) is 0 Å². The predicted octanol–water partition coefficient (Wildman–Crippen LogP) is 3.42. The van der Waals surface area contributed by atoms with Crippen LogP contribution in [0, 0.1) is 0 Å². The van der Waals surface area contributed by atoms with Crippen LogP contribution in [0.1, 0.15) is 12.6 Å². The minimum absolute atomic E-state index is 0.320. The van der Waals surface area contributed by atoms with Crippen molar-refractivity contribution < 1.29 is 13.5 Å². The molecule has 0 aromatic carbocycles. The molecule has 3 aromatic rings. The quantitative estimate of drug-likeness (QED) is 0.653. The van der Waals surface area contributed by atoms with Gasteiger partial charge < -0.3 is 9.64 Å². The Labute approximate surface area is 153 Å². The van der Waals surface area contributed by atoms with Crippen molar-refractivity contribution in [2.45, 2.75) is 12.8 Å². The van der Waals surface area contributed by atoms with Crippen molar-refractivity contribution >= 4 is 28.2 Å². The molecule has 0 amide bonds. The lowest BCUT2D eigenvalue weighted by molar-refractivity contribution is 0.0126. The van der Waals surface area contributed by atoms with Gasteiger partial charge in [0.2, 0.25) is 0 Å². The van der Waals surface area contributed by atoms with Gasteiger partial charge in [0.15, 0.2) is 0 Å². The van der Waals surface area contributed by atoms with Crippen LogP contribution in [0.4, 0.5) is 14.5 Å². The Morgan fingerprint density at radius 3 is 2.65 bits per heavy atom. The summed E-state index contributed by atoms with van der Waals surface area (Å²) in [5, 5.41) is 1.19. The van der Waals surface area contributed by atoms with Crippen LogP contribution in [-0.4, -0.2) is 45.8 Å². The highest BCUT2D eigenvalue weighted by Gasteiger charge is 2.27. The SMILES string of the molecule is CC(F)(F)c1cc(-n2cc(N3CCOCC3)c3cnc(Cl)cc32)ncn1. The van der Waals surface area contributed by atoms with Gasteiger partial charge >= 0.3 is 0 Å². The number of anilines is 1. The summed E-state index contributed by atoms with van der Waals surface area (Å²) in [5.74, 6) is -2.70. The summed E-state index contributed by atoms with van der Waals surface area (Å²) in [6, 6.07) is 2.99. The van der Waals surface area contributed by atoms with Gasteiger partial charge in [-0.1, -0.05) is 11.6 Å². The number of fused-ring (bicyclic) bond motifs is 1. The summed E-state index contributed by atoms with van der Waals surface area (Å²) in [5.41, 5.74) is 1.35. The van der Waals surface area contributed by atoms with Crippen LogP contribution in [-0.2, 0) is 10.7 Å². The molecule has 1 saturated heterocycles. The average Bonchev–Trinajstić information content (AvgIpc) is 3.00. The zero-order valence-corrected chi connectivity index (χ0v) is 14.7. The molecule has 0 spiro atoms. The van der Waals surface area contributed by atoms with Crippen LogP contribution in [0.3, 0.4) is 0 Å². The summed E-state index contributed by atoms with van der Waals surface area (Å²) in [6.07, 6.45) is 4.70. The monoisotopic (exact) mass is 379 g/mol. The molecule has 0 radical (unpaired) electrons. The van der Waals surface area contributed by atoms with Crippen molar-refractivity contribution in [2.24, 2.45) is 0 Å². The normalized spacial score (nSPS) is 15.6. The molecule has 1 aliphatic rings. The van der Waals surface area contributed by atoms with Crippen LogP contribution in [0.5, 0.6) is 0 Å². The number of ether oxygens (including phenoxy) is 1. The second kappa shape index (κ2) is 6.44. The van der Waals surface area contributed by atoms with Gasteiger partial charge in [-0.05, 0) is 0 Å². The third kappa shape index (κ3) is 3.10. The molecule has 136 valence electrons. The second-order valence-electron chi connectivity index (χ2n) is 6.16. The standard InChI is InChI=1S/C17H16ClF2N5O/c1-17(19,20)14-7-16(23-10-22-14)25-9-13(24-2-4-26-5-3-24)11-8-21-15(18)6-12(11)25/h6-10H,2-5H2,1H3. The van der Waals surface area contributed by atoms with E-state index in [-0.39, 0.29) is 5.69 Å². The first kappa shape index (κ1) is 17.1. The maximum atomic E-state index is 13.7. The molecule has 0 saturated carbocycles. The van der Waals surface area contributed by atoms with E-state index >= 15 is 0 Å². The number of morpholine rings is 1. The van der Waals surface area contributed by atoms with Crippen LogP contribution in [0.15, 0.2) is 30.9 Å². The van der Waals surface area contributed by atoms with Crippen molar-refractivity contribution in [3.05, 3.63) is 41.7 Å². The Bertz CT molecular complexity index is 950. The Hall–Kier alpha value is -2.32. The highest BCUT2D eigenvalue weighted by atomic mass is 35.5. The number of rotatable bonds is 3. The molecular weight excluding hydrogens is 364 g/mol. The van der Waals surface area contributed by atoms with Crippen LogP contribution in [0.25, 0.3) is 16.7 Å². The summed E-state index contributed by atoms with van der Waals surface area (Å²) in [6.45, 7) is 3.56. The first-order chi connectivity index (χ1) is 12.4. The predicted molar refractivity (Wildman–Crippen MR) is 94.3 cm³/mol. The summed E-state index contributed by atoms with van der Waals surface area (Å²) in [4.78, 5) is 14.2. The van der Waals surface area contributed by atoms with E-state index in [1.165, 1.54) is 6.07 Å². The molecule has 1 aliphatic heterocycles. The molecule has 0 aliphatic carbocycles. The molecule has 0 atom stereocenters. The molecule has 3 aromatic heterocycles. The van der Waals surface area contributed by atoms with Gasteiger partial charge in [0.05, 0.1) is 24.4 Å². The van der Waals surface area contributed by atoms with Gasteiger partial charge in [0.25, 0.3) is 5.92 Å². The number of hydrogen-bond acceptors (Lipinski definition) is 5. The third-order valence-electron chi connectivity index (χ3n) is 4.34. The molecule has 1 fully saturated rings. The molecule has 0 N–H and O–H groups in total. The number of alkyl halides is 2. The Balaban J connectivity index is 1.88. The van der Waals surface area contributed by atoms with Gasteiger partial charge in [0.1, 0.15) is 23.0 Å². The number of halogens is 3. The van der Waals surface area contributed by atoms with E-state index in [1.54, 1.807) is 16.8 Å². The summed E-state index contributed by atoms with van der Waals surface area (Å²) in [7, 11) is 0. The van der Waals surface area contributed by atoms with Gasteiger partial charge in [-0.25, -0.2) is 15.0 Å². The van der Waals surface area contributed by atoms with E-state index in [0.717, 1.165) is 42.9 Å². The highest BCUT2D eigenvalue weighted by molar-refractivity contribution is 6.30. The largest absolute Gasteiger partial charge is 0.378 e. The van der Waals surface area contributed by atoms with E-state index in [1.807, 2.05) is 6.20 Å². The number of nitrogens with zero attached hydrogens (tertiary/aromatic N) is 5. The lowest BCUT2D eigenvalue weighted by Gasteiger charge is -2.28. The maximum absolute atomic E-state index is 13.7. The van der Waals surface area contributed by atoms with Crippen LogP contribution in [0.2, 0.25) is 5.15 Å². The fourth-order valence-corrected chi connectivity index (χ4v) is 3.20. The third-order valence-corrected chi connectivity index (χ3v) is 4.54. The first-order valence-corrected chi connectivity index (χ1v) is 8.51. The van der Waals surface area contributed by atoms with E-state index < -0.39 is 5.92 Å². The summed E-state index contributed by atoms with van der Waals surface area (Å²) < 4.78 is 34.5. The second-order valence-corrected chi connectivity index (χ2v) is 6.55. The molecule has 0 unspecified atom stereocenters. The van der Waals surface area contributed by atoms with Gasteiger partial charge in [-0.2, -0.15) is 8.78 Å². The lowest BCUT2D eigenvalue weighted by Crippen LogP contribution is -2.36. The van der Waals surface area contributed by atoms with Crippen LogP contribution >= 0.6 is 11.6 Å². The van der Waals surface area contributed by atoms with Crippen molar-refractivity contribution in [1.29, 1.82) is 0 Å². The van der Waals surface area contributed by atoms with E-state index in [9.17, 15) is 8.78 Å². The van der Waals surface area contributed by atoms with Crippen molar-refractivity contribution in [1.82, 2.24) is 19.5 Å². The van der Waals surface area contributed by atoms with Crippen LogP contribution < -0.4 is 4.90 Å². The summed E-state index contributed by atoms with van der Waals surface area (Å²) >= 11 is 6.07. The highest BCUT2D eigenvalue weighted by Crippen LogP contribution is 2.33. The number of aromatic nitrogens is 4. The van der Waals surface area contributed by atoms with Gasteiger partial charge in [-0.3, -0.25) is 4.57 Å². The fraction of sp³-hybridized carbons (Fsp3) is 0.353. The molecule has 6 nitrogen and oxygen atoms in total. The van der Waals surface area contributed by atoms with Crippen molar-refractivity contribution in [3.8, 4) is 5.82 Å². The average molecular weight is 380 g/mol. The molecule has 0 bridgehead atoms. The van der Waals surface area contributed by atoms with E-state index in [4.69, 9.17) is 16.3 Å². The smallest absolute Gasteiger partial charge is 0.287 e. The van der Waals surface area contributed by atoms with E-state index in [0.29, 0.717) is 24.2 Å². The fourth-order valence-electron chi connectivity index (χ4n) is 3.04. The molecule has 9 heteroatoms. The Morgan fingerprint density at radius 2 is 1.92 bits per heavy atom. The Morgan fingerprint density at radius 1 is 1.15 bits per heavy atom. The molecule has 4 rings (SSSR count). The zero-order valence-electron chi connectivity index (χ0n) is 14.0. The molecule has 4 heterocycles. The topological polar surface area (TPSA) is 56.1 Å². The minimum atomic E-state index is -3.05. The van der Waals surface area contributed by atoms with Gasteiger partial charge in [-0.15, -0.1) is 0 Å². The number of pyridine rings is 1. The zero-order chi connectivity index (χ0) is 18.3. The molecular formula is C17H16ClF2N5O. The van der Waals surface area contributed by atoms with Crippen molar-refractivity contribution in [2.75, 3.05) is 31.2 Å². The minimum Gasteiger partial charge on any atom is -0.378 e. The van der Waals surface area contributed by atoms with Gasteiger partial charge in [0, 0.05) is 49.9 Å². The lowest BCUT2D eigenvalue weighted by atomic mass is 10.2. The number of hydrogen-bond donors (Lipinski definition) is 0. The van der Waals surface area contributed by atoms with E-state index in [2.05, 4.69) is 19.9 Å². The Kier molecular flexibility index (Phi) is 4.24. The molecule has 26 heavy (non-hydrogen) atoms. The maximum Gasteiger partial charge on any atom is 0.287 e.